The summed E-state index contributed by atoms with van der Waals surface area (Å²) < 4.78 is 0. The Hall–Kier alpha value is -1.99. The normalized spacial score (nSPS) is 10.4. The summed E-state index contributed by atoms with van der Waals surface area (Å²) in [6, 6.07) is 2.73. The predicted octanol–water partition coefficient (Wildman–Crippen LogP) is 3.50. The van der Waals surface area contributed by atoms with Crippen molar-refractivity contribution in [3.05, 3.63) is 48.9 Å². The molecule has 0 bridgehead atoms. The third kappa shape index (κ3) is 3.77. The Morgan fingerprint density at radius 1 is 1.48 bits per heavy atom. The number of aryl methyl sites for hydroxylation is 2. The summed E-state index contributed by atoms with van der Waals surface area (Å²) in [6.45, 7) is 3.58. The number of nitrogens with one attached hydrogen (secondary N) is 1. The molecular weight excluding hydrogens is 314 g/mol. The average Bonchev–Trinajstić information content (AvgIpc) is 2.77. The number of halogens is 1. The van der Waals surface area contributed by atoms with Crippen molar-refractivity contribution in [3.63, 3.8) is 0 Å². The molecule has 0 radical (unpaired) electrons. The smallest absolute Gasteiger partial charge is 0.289 e. The van der Waals surface area contributed by atoms with E-state index in [-0.39, 0.29) is 23.0 Å². The highest BCUT2D eigenvalue weighted by atomic mass is 35.5. The van der Waals surface area contributed by atoms with Crippen molar-refractivity contribution < 1.29 is 9.72 Å². The molecule has 110 valence electrons. The Bertz CT molecular complexity index is 715. The first-order valence-electron chi connectivity index (χ1n) is 6.02. The number of nitrogens with zero attached hydrogens (tertiary/aromatic N) is 2. The van der Waals surface area contributed by atoms with Crippen LogP contribution in [0.5, 0.6) is 0 Å². The molecule has 0 saturated heterocycles. The average molecular weight is 326 g/mol. The van der Waals surface area contributed by atoms with Gasteiger partial charge in [-0.2, -0.15) is 0 Å². The second kappa shape index (κ2) is 6.19. The lowest BCUT2D eigenvalue weighted by Crippen LogP contribution is -2.15. The quantitative estimate of drug-likeness (QED) is 0.688. The lowest BCUT2D eigenvalue weighted by atomic mass is 10.1. The summed E-state index contributed by atoms with van der Waals surface area (Å²) in [5.41, 5.74) is 1.48. The third-order valence-electron chi connectivity index (χ3n) is 2.77. The zero-order chi connectivity index (χ0) is 15.6. The zero-order valence-corrected chi connectivity index (χ0v) is 12.9. The van der Waals surface area contributed by atoms with Crippen LogP contribution in [0.1, 0.15) is 16.3 Å². The highest BCUT2D eigenvalue weighted by Crippen LogP contribution is 2.30. The number of anilines is 1. The van der Waals surface area contributed by atoms with Gasteiger partial charge >= 0.3 is 0 Å². The first-order valence-corrected chi connectivity index (χ1v) is 7.28. The second-order valence-corrected chi connectivity index (χ2v) is 5.93. The van der Waals surface area contributed by atoms with Gasteiger partial charge in [0.25, 0.3) is 5.69 Å². The van der Waals surface area contributed by atoms with Crippen LogP contribution in [0.25, 0.3) is 0 Å². The summed E-state index contributed by atoms with van der Waals surface area (Å²) in [4.78, 5) is 26.4. The Morgan fingerprint density at radius 2 is 2.19 bits per heavy atom. The summed E-state index contributed by atoms with van der Waals surface area (Å²) >= 11 is 7.27. The van der Waals surface area contributed by atoms with Gasteiger partial charge in [-0.3, -0.25) is 14.9 Å². The Balaban J connectivity index is 2.17. The van der Waals surface area contributed by atoms with Crippen LogP contribution in [0.15, 0.2) is 17.5 Å². The van der Waals surface area contributed by atoms with Crippen LogP contribution in [0.3, 0.4) is 0 Å². The highest BCUT2D eigenvalue weighted by Gasteiger charge is 2.17. The molecule has 2 rings (SSSR count). The molecule has 1 heterocycles. The van der Waals surface area contributed by atoms with Crippen molar-refractivity contribution >= 4 is 40.2 Å². The van der Waals surface area contributed by atoms with Gasteiger partial charge in [0.1, 0.15) is 5.02 Å². The third-order valence-corrected chi connectivity index (χ3v) is 3.90. The Morgan fingerprint density at radius 3 is 2.76 bits per heavy atom. The Labute approximate surface area is 129 Å². The van der Waals surface area contributed by atoms with E-state index in [9.17, 15) is 14.9 Å². The minimum absolute atomic E-state index is 0.0469. The summed E-state index contributed by atoms with van der Waals surface area (Å²) in [5, 5.41) is 16.3. The topological polar surface area (TPSA) is 85.1 Å². The SMILES string of the molecule is Cc1nc(CC(=O)Nc2cc([N+](=O)[O-])c(Cl)cc2C)cs1. The number of thiazole rings is 1. The van der Waals surface area contributed by atoms with Crippen LogP contribution < -0.4 is 5.32 Å². The maximum atomic E-state index is 12.0. The van der Waals surface area contributed by atoms with Gasteiger partial charge in [0.2, 0.25) is 5.91 Å². The number of carbonyl (C=O) groups is 1. The van der Waals surface area contributed by atoms with Gasteiger partial charge in [-0.15, -0.1) is 11.3 Å². The number of hydrogen-bond donors (Lipinski definition) is 1. The molecule has 0 unspecified atom stereocenters. The van der Waals surface area contributed by atoms with E-state index in [1.54, 1.807) is 6.92 Å². The molecule has 0 aliphatic carbocycles. The van der Waals surface area contributed by atoms with E-state index >= 15 is 0 Å². The number of aromatic nitrogens is 1. The molecule has 0 fully saturated rings. The molecule has 0 spiro atoms. The molecule has 8 heteroatoms. The van der Waals surface area contributed by atoms with Gasteiger partial charge in [0.05, 0.1) is 27.7 Å². The molecule has 0 saturated carbocycles. The van der Waals surface area contributed by atoms with Crippen molar-refractivity contribution in [2.45, 2.75) is 20.3 Å². The largest absolute Gasteiger partial charge is 0.325 e. The van der Waals surface area contributed by atoms with E-state index in [1.165, 1.54) is 23.5 Å². The first-order chi connectivity index (χ1) is 9.86. The van der Waals surface area contributed by atoms with E-state index in [2.05, 4.69) is 10.3 Å². The number of benzene rings is 1. The fraction of sp³-hybridized carbons (Fsp3) is 0.231. The molecule has 0 aliphatic heterocycles. The van der Waals surface area contributed by atoms with Crippen LogP contribution in [0, 0.1) is 24.0 Å². The second-order valence-electron chi connectivity index (χ2n) is 4.46. The Kier molecular flexibility index (Phi) is 4.54. The minimum atomic E-state index is -0.582. The van der Waals surface area contributed by atoms with Crippen LogP contribution in [-0.4, -0.2) is 15.8 Å². The molecule has 6 nitrogen and oxygen atoms in total. The molecule has 0 atom stereocenters. The molecule has 1 N–H and O–H groups in total. The number of amides is 1. The molecule has 0 aliphatic rings. The minimum Gasteiger partial charge on any atom is -0.325 e. The van der Waals surface area contributed by atoms with Crippen molar-refractivity contribution in [2.75, 3.05) is 5.32 Å². The molecule has 1 aromatic carbocycles. The van der Waals surface area contributed by atoms with Crippen molar-refractivity contribution in [2.24, 2.45) is 0 Å². The van der Waals surface area contributed by atoms with E-state index in [4.69, 9.17) is 11.6 Å². The van der Waals surface area contributed by atoms with Crippen LogP contribution in [-0.2, 0) is 11.2 Å². The van der Waals surface area contributed by atoms with Gasteiger partial charge in [0, 0.05) is 11.4 Å². The highest BCUT2D eigenvalue weighted by molar-refractivity contribution is 7.09. The van der Waals surface area contributed by atoms with Crippen LogP contribution in [0.2, 0.25) is 5.02 Å². The summed E-state index contributed by atoms with van der Waals surface area (Å²) in [5.74, 6) is -0.278. The number of nitro benzene ring substituents is 1. The standard InChI is InChI=1S/C13H12ClN3O3S/c1-7-3-10(14)12(17(19)20)5-11(7)16-13(18)4-9-6-21-8(2)15-9/h3,5-6H,4H2,1-2H3,(H,16,18). The molecule has 1 amide bonds. The number of carbonyl (C=O) groups excluding carboxylic acids is 1. The van der Waals surface area contributed by atoms with E-state index < -0.39 is 4.92 Å². The maximum Gasteiger partial charge on any atom is 0.289 e. The molecule has 2 aromatic rings. The molecular formula is C13H12ClN3O3S. The number of rotatable bonds is 4. The van der Waals surface area contributed by atoms with Crippen molar-refractivity contribution in [1.29, 1.82) is 0 Å². The van der Waals surface area contributed by atoms with Gasteiger partial charge in [-0.1, -0.05) is 11.6 Å². The van der Waals surface area contributed by atoms with E-state index in [0.717, 1.165) is 5.01 Å². The summed E-state index contributed by atoms with van der Waals surface area (Å²) in [6.07, 6.45) is 0.125. The predicted molar refractivity (Wildman–Crippen MR) is 82.0 cm³/mol. The van der Waals surface area contributed by atoms with E-state index in [1.807, 2.05) is 12.3 Å². The fourth-order valence-corrected chi connectivity index (χ4v) is 2.68. The number of hydrogen-bond acceptors (Lipinski definition) is 5. The van der Waals surface area contributed by atoms with Gasteiger partial charge < -0.3 is 5.32 Å². The monoisotopic (exact) mass is 325 g/mol. The first kappa shape index (κ1) is 15.4. The zero-order valence-electron chi connectivity index (χ0n) is 11.3. The lowest BCUT2D eigenvalue weighted by Gasteiger charge is -2.08. The van der Waals surface area contributed by atoms with Gasteiger partial charge in [0.15, 0.2) is 0 Å². The van der Waals surface area contributed by atoms with Gasteiger partial charge in [-0.25, -0.2) is 4.98 Å². The van der Waals surface area contributed by atoms with Crippen molar-refractivity contribution in [3.8, 4) is 0 Å². The fourth-order valence-electron chi connectivity index (χ4n) is 1.78. The molecule has 1 aromatic heterocycles. The molecule has 21 heavy (non-hydrogen) atoms. The van der Waals surface area contributed by atoms with Crippen LogP contribution >= 0.6 is 22.9 Å². The van der Waals surface area contributed by atoms with E-state index in [0.29, 0.717) is 16.9 Å². The van der Waals surface area contributed by atoms with Gasteiger partial charge in [-0.05, 0) is 25.5 Å². The maximum absolute atomic E-state index is 12.0. The lowest BCUT2D eigenvalue weighted by molar-refractivity contribution is -0.384. The number of nitro groups is 1. The van der Waals surface area contributed by atoms with Crippen LogP contribution in [0.4, 0.5) is 11.4 Å². The van der Waals surface area contributed by atoms with Crippen molar-refractivity contribution in [1.82, 2.24) is 4.98 Å². The summed E-state index contributed by atoms with van der Waals surface area (Å²) in [7, 11) is 0.